The minimum absolute atomic E-state index is 0.0324. The van der Waals surface area contributed by atoms with Gasteiger partial charge in [0.15, 0.2) is 17.3 Å². The van der Waals surface area contributed by atoms with E-state index in [4.69, 9.17) is 16.3 Å². The largest absolute Gasteiger partial charge is 0.494 e. The summed E-state index contributed by atoms with van der Waals surface area (Å²) in [4.78, 5) is 11.4. The molecule has 0 amide bonds. The molecule has 0 heterocycles. The number of halogens is 2. The second-order valence-electron chi connectivity index (χ2n) is 2.68. The van der Waals surface area contributed by atoms with Crippen molar-refractivity contribution in [2.24, 2.45) is 0 Å². The zero-order valence-electron chi connectivity index (χ0n) is 7.72. The Labute approximate surface area is 86.6 Å². The van der Waals surface area contributed by atoms with Crippen LogP contribution in [0.2, 0.25) is 0 Å². The smallest absolute Gasteiger partial charge is 0.175 e. The molecule has 1 rings (SSSR count). The Bertz CT molecular complexity index is 339. The van der Waals surface area contributed by atoms with Gasteiger partial charge in [0.05, 0.1) is 12.7 Å². The van der Waals surface area contributed by atoms with Gasteiger partial charge in [-0.25, -0.2) is 4.39 Å². The van der Waals surface area contributed by atoms with Gasteiger partial charge >= 0.3 is 0 Å². The van der Waals surface area contributed by atoms with Gasteiger partial charge in [-0.1, -0.05) is 6.07 Å². The van der Waals surface area contributed by atoms with E-state index in [1.54, 1.807) is 6.07 Å². The number of carbonyl (C=O) groups excluding carboxylic acids is 1. The number of hydrogen-bond acceptors (Lipinski definition) is 2. The first-order valence-corrected chi connectivity index (χ1v) is 4.65. The third-order valence-electron chi connectivity index (χ3n) is 1.81. The lowest BCUT2D eigenvalue weighted by Gasteiger charge is -2.05. The molecule has 0 saturated carbocycles. The summed E-state index contributed by atoms with van der Waals surface area (Å²) in [6.07, 6.45) is 0.131. The molecule has 0 aliphatic carbocycles. The number of Topliss-reactive ketones (excluding diaryl/α,β-unsaturated/α-hetero) is 1. The zero-order chi connectivity index (χ0) is 10.6. The predicted molar refractivity (Wildman–Crippen MR) is 52.6 cm³/mol. The van der Waals surface area contributed by atoms with E-state index < -0.39 is 5.82 Å². The third kappa shape index (κ3) is 2.23. The predicted octanol–water partition coefficient (Wildman–Crippen LogP) is 2.65. The summed E-state index contributed by atoms with van der Waals surface area (Å²) < 4.78 is 18.2. The Morgan fingerprint density at radius 1 is 1.57 bits per heavy atom. The van der Waals surface area contributed by atoms with Crippen LogP contribution in [0.25, 0.3) is 0 Å². The maximum atomic E-state index is 13.5. The molecule has 14 heavy (non-hydrogen) atoms. The summed E-state index contributed by atoms with van der Waals surface area (Å²) in [5, 5.41) is 0. The van der Waals surface area contributed by atoms with Crippen molar-refractivity contribution in [2.75, 3.05) is 13.0 Å². The van der Waals surface area contributed by atoms with Gasteiger partial charge in [-0.3, -0.25) is 4.79 Å². The molecule has 1 aromatic carbocycles. The zero-order valence-corrected chi connectivity index (χ0v) is 8.47. The standard InChI is InChI=1S/C10H10ClFO2/c1-14-9-4-2-3-7(10(9)12)8(13)5-6-11/h2-4H,5-6H2,1H3. The third-order valence-corrected chi connectivity index (χ3v) is 1.99. The van der Waals surface area contributed by atoms with E-state index in [9.17, 15) is 9.18 Å². The number of rotatable bonds is 4. The fourth-order valence-corrected chi connectivity index (χ4v) is 1.28. The first-order valence-electron chi connectivity index (χ1n) is 4.12. The summed E-state index contributed by atoms with van der Waals surface area (Å²) in [7, 11) is 1.36. The Morgan fingerprint density at radius 2 is 2.29 bits per heavy atom. The molecule has 2 nitrogen and oxygen atoms in total. The Balaban J connectivity index is 3.03. The van der Waals surface area contributed by atoms with E-state index in [2.05, 4.69) is 0 Å². The van der Waals surface area contributed by atoms with Crippen molar-refractivity contribution < 1.29 is 13.9 Å². The quantitative estimate of drug-likeness (QED) is 0.571. The number of ketones is 1. The van der Waals surface area contributed by atoms with Crippen molar-refractivity contribution >= 4 is 17.4 Å². The van der Waals surface area contributed by atoms with Gasteiger partial charge in [0, 0.05) is 12.3 Å². The molecule has 0 saturated heterocycles. The van der Waals surface area contributed by atoms with Crippen LogP contribution in [-0.4, -0.2) is 18.8 Å². The molecule has 76 valence electrons. The summed E-state index contributed by atoms with van der Waals surface area (Å²) in [5.74, 6) is -0.665. The van der Waals surface area contributed by atoms with Crippen molar-refractivity contribution in [1.29, 1.82) is 0 Å². The van der Waals surface area contributed by atoms with Crippen molar-refractivity contribution in [2.45, 2.75) is 6.42 Å². The van der Waals surface area contributed by atoms with Gasteiger partial charge < -0.3 is 4.74 Å². The molecule has 0 spiro atoms. The average Bonchev–Trinajstić information content (AvgIpc) is 2.18. The molecule has 0 aliphatic heterocycles. The van der Waals surface area contributed by atoms with E-state index in [1.807, 2.05) is 0 Å². The van der Waals surface area contributed by atoms with Gasteiger partial charge in [-0.05, 0) is 12.1 Å². The molecule has 0 unspecified atom stereocenters. The average molecular weight is 217 g/mol. The number of hydrogen-bond donors (Lipinski definition) is 0. The molecule has 0 atom stereocenters. The van der Waals surface area contributed by atoms with Crippen LogP contribution >= 0.6 is 11.6 Å². The van der Waals surface area contributed by atoms with Gasteiger partial charge in [0.2, 0.25) is 0 Å². The highest BCUT2D eigenvalue weighted by atomic mass is 35.5. The number of benzene rings is 1. The minimum Gasteiger partial charge on any atom is -0.494 e. The van der Waals surface area contributed by atoms with E-state index in [0.29, 0.717) is 0 Å². The van der Waals surface area contributed by atoms with E-state index in [-0.39, 0.29) is 29.4 Å². The Kier molecular flexibility index (Phi) is 3.89. The molecular formula is C10H10ClFO2. The van der Waals surface area contributed by atoms with Crippen LogP contribution < -0.4 is 4.74 Å². The normalized spacial score (nSPS) is 9.93. The molecular weight excluding hydrogens is 207 g/mol. The van der Waals surface area contributed by atoms with Crippen LogP contribution in [0.5, 0.6) is 5.75 Å². The lowest BCUT2D eigenvalue weighted by Crippen LogP contribution is -2.04. The molecule has 0 aliphatic rings. The maximum Gasteiger partial charge on any atom is 0.175 e. The van der Waals surface area contributed by atoms with Crippen molar-refractivity contribution in [3.05, 3.63) is 29.6 Å². The van der Waals surface area contributed by atoms with Crippen LogP contribution in [0.1, 0.15) is 16.8 Å². The second kappa shape index (κ2) is 4.96. The second-order valence-corrected chi connectivity index (χ2v) is 3.06. The van der Waals surface area contributed by atoms with Crippen LogP contribution in [0.3, 0.4) is 0 Å². The van der Waals surface area contributed by atoms with Crippen LogP contribution in [0.15, 0.2) is 18.2 Å². The van der Waals surface area contributed by atoms with Crippen molar-refractivity contribution in [3.8, 4) is 5.75 Å². The first kappa shape index (κ1) is 11.0. The van der Waals surface area contributed by atoms with E-state index in [0.717, 1.165) is 0 Å². The molecule has 1 aromatic rings. The van der Waals surface area contributed by atoms with Crippen molar-refractivity contribution in [3.63, 3.8) is 0 Å². The van der Waals surface area contributed by atoms with Crippen LogP contribution in [-0.2, 0) is 0 Å². The topological polar surface area (TPSA) is 26.3 Å². The number of ether oxygens (including phenoxy) is 1. The SMILES string of the molecule is COc1cccc(C(=O)CCCl)c1F. The van der Waals surface area contributed by atoms with E-state index in [1.165, 1.54) is 19.2 Å². The summed E-state index contributed by atoms with van der Waals surface area (Å²) in [6, 6.07) is 4.46. The fourth-order valence-electron chi connectivity index (χ4n) is 1.10. The van der Waals surface area contributed by atoms with Crippen LogP contribution in [0, 0.1) is 5.82 Å². The molecule has 0 fully saturated rings. The highest BCUT2D eigenvalue weighted by Crippen LogP contribution is 2.20. The van der Waals surface area contributed by atoms with Gasteiger partial charge in [-0.15, -0.1) is 11.6 Å². The Hall–Kier alpha value is -1.09. The number of methoxy groups -OCH3 is 1. The van der Waals surface area contributed by atoms with E-state index >= 15 is 0 Å². The lowest BCUT2D eigenvalue weighted by atomic mass is 10.1. The highest BCUT2D eigenvalue weighted by Gasteiger charge is 2.14. The van der Waals surface area contributed by atoms with Gasteiger partial charge in [-0.2, -0.15) is 0 Å². The highest BCUT2D eigenvalue weighted by molar-refractivity contribution is 6.19. The van der Waals surface area contributed by atoms with Crippen molar-refractivity contribution in [1.82, 2.24) is 0 Å². The Morgan fingerprint density at radius 3 is 2.86 bits per heavy atom. The molecule has 0 N–H and O–H groups in total. The van der Waals surface area contributed by atoms with Gasteiger partial charge in [0.25, 0.3) is 0 Å². The summed E-state index contributed by atoms with van der Waals surface area (Å²) in [5.41, 5.74) is 0.0324. The van der Waals surface area contributed by atoms with Gasteiger partial charge in [0.1, 0.15) is 0 Å². The maximum absolute atomic E-state index is 13.5. The molecule has 4 heteroatoms. The molecule has 0 bridgehead atoms. The lowest BCUT2D eigenvalue weighted by molar-refractivity contribution is 0.0984. The summed E-state index contributed by atoms with van der Waals surface area (Å²) >= 11 is 5.40. The minimum atomic E-state index is -0.620. The fraction of sp³-hybridized carbons (Fsp3) is 0.300. The first-order chi connectivity index (χ1) is 6.70. The summed E-state index contributed by atoms with van der Waals surface area (Å²) in [6.45, 7) is 0. The number of alkyl halides is 1. The van der Waals surface area contributed by atoms with Crippen LogP contribution in [0.4, 0.5) is 4.39 Å². The number of carbonyl (C=O) groups is 1. The molecule has 0 aromatic heterocycles. The molecule has 0 radical (unpaired) electrons. The monoisotopic (exact) mass is 216 g/mol.